The average Bonchev–Trinajstić information content (AvgIpc) is 2.34. The summed E-state index contributed by atoms with van der Waals surface area (Å²) in [7, 11) is 2.16. The Morgan fingerprint density at radius 2 is 2.00 bits per heavy atom. The molecule has 0 bridgehead atoms. The third kappa shape index (κ3) is 3.53. The molecule has 17 heavy (non-hydrogen) atoms. The van der Waals surface area contributed by atoms with Crippen molar-refractivity contribution in [2.75, 3.05) is 33.3 Å². The molecule has 94 valence electrons. The van der Waals surface area contributed by atoms with Crippen LogP contribution in [0.25, 0.3) is 0 Å². The highest BCUT2D eigenvalue weighted by atomic mass is 16.3. The summed E-state index contributed by atoms with van der Waals surface area (Å²) in [5.74, 6) is 0. The van der Waals surface area contributed by atoms with E-state index in [1.165, 1.54) is 5.56 Å². The van der Waals surface area contributed by atoms with E-state index in [0.29, 0.717) is 6.04 Å². The lowest BCUT2D eigenvalue weighted by atomic mass is 10.1. The molecule has 0 spiro atoms. The minimum Gasteiger partial charge on any atom is -0.396 e. The molecular formula is C14H22N2O. The van der Waals surface area contributed by atoms with E-state index in [2.05, 4.69) is 47.2 Å². The van der Waals surface area contributed by atoms with E-state index < -0.39 is 0 Å². The van der Waals surface area contributed by atoms with Gasteiger partial charge < -0.3 is 10.0 Å². The van der Waals surface area contributed by atoms with Crippen LogP contribution in [0.1, 0.15) is 12.0 Å². The van der Waals surface area contributed by atoms with Crippen molar-refractivity contribution < 1.29 is 5.11 Å². The molecule has 1 aliphatic rings. The molecule has 0 saturated carbocycles. The Balaban J connectivity index is 1.98. The molecule has 1 saturated heterocycles. The molecule has 1 atom stereocenters. The van der Waals surface area contributed by atoms with Crippen molar-refractivity contribution in [3.8, 4) is 0 Å². The van der Waals surface area contributed by atoms with E-state index in [1.54, 1.807) is 0 Å². The van der Waals surface area contributed by atoms with E-state index in [9.17, 15) is 0 Å². The Kier molecular flexibility index (Phi) is 4.54. The second-order valence-corrected chi connectivity index (χ2v) is 4.88. The van der Waals surface area contributed by atoms with Crippen LogP contribution in [0.15, 0.2) is 30.3 Å². The molecule has 1 heterocycles. The van der Waals surface area contributed by atoms with Gasteiger partial charge in [-0.2, -0.15) is 0 Å². The first kappa shape index (κ1) is 12.6. The highest BCUT2D eigenvalue weighted by Gasteiger charge is 2.24. The van der Waals surface area contributed by atoms with Gasteiger partial charge in [-0.3, -0.25) is 4.90 Å². The predicted molar refractivity (Wildman–Crippen MR) is 69.8 cm³/mol. The summed E-state index contributed by atoms with van der Waals surface area (Å²) >= 11 is 0. The molecule has 0 amide bonds. The predicted octanol–water partition coefficient (Wildman–Crippen LogP) is 1.18. The fourth-order valence-corrected chi connectivity index (χ4v) is 2.50. The molecule has 0 aliphatic carbocycles. The number of nitrogens with zero attached hydrogens (tertiary/aromatic N) is 2. The standard InChI is InChI=1S/C14H22N2O/c1-15-8-9-16(14(12-15)7-10-17)11-13-5-3-2-4-6-13/h2-6,14,17H,7-12H2,1H3. The SMILES string of the molecule is CN1CCN(Cc2ccccc2)C(CCO)C1. The third-order valence-corrected chi connectivity index (χ3v) is 3.50. The number of likely N-dealkylation sites (N-methyl/N-ethyl adjacent to an activating group) is 1. The normalized spacial score (nSPS) is 22.8. The van der Waals surface area contributed by atoms with Crippen molar-refractivity contribution in [1.29, 1.82) is 0 Å². The van der Waals surface area contributed by atoms with Crippen LogP contribution in [0.5, 0.6) is 0 Å². The number of rotatable bonds is 4. The number of piperazine rings is 1. The zero-order valence-corrected chi connectivity index (χ0v) is 10.5. The molecule has 1 fully saturated rings. The van der Waals surface area contributed by atoms with Crippen molar-refractivity contribution in [1.82, 2.24) is 9.80 Å². The first-order valence-corrected chi connectivity index (χ1v) is 6.37. The van der Waals surface area contributed by atoms with Gasteiger partial charge in [-0.1, -0.05) is 30.3 Å². The Morgan fingerprint density at radius 3 is 2.71 bits per heavy atom. The maximum Gasteiger partial charge on any atom is 0.0446 e. The molecular weight excluding hydrogens is 212 g/mol. The van der Waals surface area contributed by atoms with Gasteiger partial charge in [0.2, 0.25) is 0 Å². The summed E-state index contributed by atoms with van der Waals surface area (Å²) in [6.07, 6.45) is 0.872. The summed E-state index contributed by atoms with van der Waals surface area (Å²) in [5, 5.41) is 9.14. The van der Waals surface area contributed by atoms with E-state index in [4.69, 9.17) is 5.11 Å². The van der Waals surface area contributed by atoms with Crippen LogP contribution in [-0.4, -0.2) is 54.2 Å². The number of hydrogen-bond donors (Lipinski definition) is 1. The third-order valence-electron chi connectivity index (χ3n) is 3.50. The number of benzene rings is 1. The minimum absolute atomic E-state index is 0.282. The largest absolute Gasteiger partial charge is 0.396 e. The quantitative estimate of drug-likeness (QED) is 0.847. The van der Waals surface area contributed by atoms with Crippen LogP contribution in [0.3, 0.4) is 0 Å². The molecule has 1 aromatic carbocycles. The number of aliphatic hydroxyl groups is 1. The molecule has 1 unspecified atom stereocenters. The molecule has 2 rings (SSSR count). The highest BCUT2D eigenvalue weighted by Crippen LogP contribution is 2.15. The van der Waals surface area contributed by atoms with Gasteiger partial charge in [-0.05, 0) is 19.0 Å². The summed E-state index contributed by atoms with van der Waals surface area (Å²) in [4.78, 5) is 4.84. The van der Waals surface area contributed by atoms with Crippen LogP contribution < -0.4 is 0 Å². The summed E-state index contributed by atoms with van der Waals surface area (Å²) in [6.45, 7) is 4.56. The van der Waals surface area contributed by atoms with Gasteiger partial charge in [-0.15, -0.1) is 0 Å². The Hall–Kier alpha value is -0.900. The maximum absolute atomic E-state index is 9.14. The van der Waals surface area contributed by atoms with Crippen LogP contribution in [0.2, 0.25) is 0 Å². The van der Waals surface area contributed by atoms with Crippen molar-refractivity contribution in [3.63, 3.8) is 0 Å². The number of aliphatic hydroxyl groups excluding tert-OH is 1. The lowest BCUT2D eigenvalue weighted by Crippen LogP contribution is -2.51. The van der Waals surface area contributed by atoms with Crippen molar-refractivity contribution in [2.24, 2.45) is 0 Å². The Morgan fingerprint density at radius 1 is 1.24 bits per heavy atom. The van der Waals surface area contributed by atoms with Crippen LogP contribution in [0.4, 0.5) is 0 Å². The first-order valence-electron chi connectivity index (χ1n) is 6.37. The first-order chi connectivity index (χ1) is 8.29. The van der Waals surface area contributed by atoms with Crippen LogP contribution in [0, 0.1) is 0 Å². The lowest BCUT2D eigenvalue weighted by molar-refractivity contribution is 0.0667. The molecule has 1 N–H and O–H groups in total. The van der Waals surface area contributed by atoms with Gasteiger partial charge in [0.25, 0.3) is 0 Å². The molecule has 3 heteroatoms. The van der Waals surface area contributed by atoms with E-state index >= 15 is 0 Å². The van der Waals surface area contributed by atoms with Gasteiger partial charge in [0.05, 0.1) is 0 Å². The maximum atomic E-state index is 9.14. The van der Waals surface area contributed by atoms with Gasteiger partial charge in [0, 0.05) is 38.8 Å². The van der Waals surface area contributed by atoms with E-state index in [1.807, 2.05) is 0 Å². The van der Waals surface area contributed by atoms with Crippen LogP contribution in [-0.2, 0) is 6.54 Å². The smallest absolute Gasteiger partial charge is 0.0446 e. The van der Waals surface area contributed by atoms with Gasteiger partial charge >= 0.3 is 0 Å². The van der Waals surface area contributed by atoms with Crippen molar-refractivity contribution >= 4 is 0 Å². The topological polar surface area (TPSA) is 26.7 Å². The second kappa shape index (κ2) is 6.15. The summed E-state index contributed by atoms with van der Waals surface area (Å²) in [5.41, 5.74) is 1.36. The fourth-order valence-electron chi connectivity index (χ4n) is 2.50. The molecule has 1 aromatic rings. The van der Waals surface area contributed by atoms with Crippen LogP contribution >= 0.6 is 0 Å². The van der Waals surface area contributed by atoms with Crippen molar-refractivity contribution in [3.05, 3.63) is 35.9 Å². The molecule has 0 aromatic heterocycles. The molecule has 0 radical (unpaired) electrons. The Labute approximate surface area is 104 Å². The average molecular weight is 234 g/mol. The monoisotopic (exact) mass is 234 g/mol. The number of hydrogen-bond acceptors (Lipinski definition) is 3. The van der Waals surface area contributed by atoms with Gasteiger partial charge in [-0.25, -0.2) is 0 Å². The van der Waals surface area contributed by atoms with E-state index in [-0.39, 0.29) is 6.61 Å². The zero-order chi connectivity index (χ0) is 12.1. The van der Waals surface area contributed by atoms with Crippen molar-refractivity contribution in [2.45, 2.75) is 19.0 Å². The molecule has 3 nitrogen and oxygen atoms in total. The van der Waals surface area contributed by atoms with E-state index in [0.717, 1.165) is 32.6 Å². The Bertz CT molecular complexity index is 328. The van der Waals surface area contributed by atoms with Gasteiger partial charge in [0.15, 0.2) is 0 Å². The fraction of sp³-hybridized carbons (Fsp3) is 0.571. The highest BCUT2D eigenvalue weighted by molar-refractivity contribution is 5.14. The summed E-state index contributed by atoms with van der Waals surface area (Å²) < 4.78 is 0. The summed E-state index contributed by atoms with van der Waals surface area (Å²) in [6, 6.07) is 11.1. The lowest BCUT2D eigenvalue weighted by Gasteiger charge is -2.40. The molecule has 1 aliphatic heterocycles. The van der Waals surface area contributed by atoms with Gasteiger partial charge in [0.1, 0.15) is 0 Å². The minimum atomic E-state index is 0.282. The zero-order valence-electron chi connectivity index (χ0n) is 10.5. The second-order valence-electron chi connectivity index (χ2n) is 4.88.